The summed E-state index contributed by atoms with van der Waals surface area (Å²) >= 11 is 0. The number of benzene rings is 1. The van der Waals surface area contributed by atoms with E-state index in [0.717, 1.165) is 85.2 Å². The van der Waals surface area contributed by atoms with Crippen LogP contribution in [0.3, 0.4) is 0 Å². The van der Waals surface area contributed by atoms with Crippen LogP contribution in [0.4, 0.5) is 0 Å². The third-order valence-corrected chi connectivity index (χ3v) is 7.04. The minimum absolute atomic E-state index is 0.0714. The molecule has 0 saturated carbocycles. The van der Waals surface area contributed by atoms with Gasteiger partial charge in [0.05, 0.1) is 22.5 Å². The molecule has 0 spiro atoms. The highest BCUT2D eigenvalue weighted by atomic mass is 16.1. The lowest BCUT2D eigenvalue weighted by molar-refractivity contribution is 0.240. The van der Waals surface area contributed by atoms with Crippen molar-refractivity contribution in [2.45, 2.75) is 58.2 Å². The van der Waals surface area contributed by atoms with Gasteiger partial charge in [-0.1, -0.05) is 18.2 Å². The lowest BCUT2D eigenvalue weighted by Crippen LogP contribution is -2.38. The topological polar surface area (TPSA) is 83.3 Å². The molecule has 5 heterocycles. The highest BCUT2D eigenvalue weighted by Crippen LogP contribution is 2.25. The number of hydrogen-bond acceptors (Lipinski definition) is 5. The number of nitrogens with one attached hydrogen (secondary N) is 1. The lowest BCUT2D eigenvalue weighted by Gasteiger charge is -2.28. The predicted molar refractivity (Wildman–Crippen MR) is 124 cm³/mol. The average molecular weight is 430 g/mol. The number of fused-ring (bicyclic) bond motifs is 1. The second-order valence-corrected chi connectivity index (χ2v) is 9.17. The molecule has 1 aromatic carbocycles. The van der Waals surface area contributed by atoms with Crippen molar-refractivity contribution in [1.82, 2.24) is 19.4 Å². The second kappa shape index (κ2) is 7.81. The maximum Gasteiger partial charge on any atom is 0.255 e. The number of nitrogens with zero attached hydrogens (tertiary/aromatic N) is 4. The SMILES string of the molecule is O=c1[nH]c(C2=NCCCC2)nc2c1CN(Cc1cc3cccc4c3n(c1=O)CCC4)CC2. The third kappa shape index (κ3) is 3.32. The van der Waals surface area contributed by atoms with Crippen molar-refractivity contribution in [3.05, 3.63) is 73.2 Å². The summed E-state index contributed by atoms with van der Waals surface area (Å²) in [6, 6.07) is 8.35. The molecule has 0 atom stereocenters. The fraction of sp³-hybridized carbons (Fsp3) is 0.440. The van der Waals surface area contributed by atoms with Crippen LogP contribution < -0.4 is 11.1 Å². The van der Waals surface area contributed by atoms with Crippen molar-refractivity contribution in [2.24, 2.45) is 4.99 Å². The van der Waals surface area contributed by atoms with E-state index in [4.69, 9.17) is 4.98 Å². The zero-order valence-corrected chi connectivity index (χ0v) is 18.2. The van der Waals surface area contributed by atoms with Crippen LogP contribution in [0, 0.1) is 0 Å². The van der Waals surface area contributed by atoms with Gasteiger partial charge in [-0.15, -0.1) is 0 Å². The summed E-state index contributed by atoms with van der Waals surface area (Å²) in [5.41, 5.74) is 5.72. The van der Waals surface area contributed by atoms with E-state index in [0.29, 0.717) is 25.3 Å². The number of aliphatic imine (C=N–C) groups is 1. The molecule has 32 heavy (non-hydrogen) atoms. The van der Waals surface area contributed by atoms with E-state index in [9.17, 15) is 9.59 Å². The van der Waals surface area contributed by atoms with Gasteiger partial charge in [0.25, 0.3) is 11.1 Å². The third-order valence-electron chi connectivity index (χ3n) is 7.04. The van der Waals surface area contributed by atoms with Crippen LogP contribution >= 0.6 is 0 Å². The molecular weight excluding hydrogens is 402 g/mol. The van der Waals surface area contributed by atoms with Crippen molar-refractivity contribution >= 4 is 16.6 Å². The summed E-state index contributed by atoms with van der Waals surface area (Å²) in [5.74, 6) is 0.643. The van der Waals surface area contributed by atoms with Gasteiger partial charge in [0.1, 0.15) is 0 Å². The first kappa shape index (κ1) is 19.6. The summed E-state index contributed by atoms with van der Waals surface area (Å²) in [4.78, 5) is 40.6. The van der Waals surface area contributed by atoms with Gasteiger partial charge in [-0.2, -0.15) is 0 Å². The molecule has 0 aliphatic carbocycles. The van der Waals surface area contributed by atoms with Gasteiger partial charge in [0.2, 0.25) is 0 Å². The predicted octanol–water partition coefficient (Wildman–Crippen LogP) is 2.56. The first-order valence-corrected chi connectivity index (χ1v) is 11.7. The number of H-pyrrole nitrogens is 1. The molecule has 1 N–H and O–H groups in total. The average Bonchev–Trinajstić information content (AvgIpc) is 2.83. The lowest BCUT2D eigenvalue weighted by atomic mass is 9.99. The summed E-state index contributed by atoms with van der Waals surface area (Å²) < 4.78 is 1.95. The maximum absolute atomic E-state index is 13.2. The highest BCUT2D eigenvalue weighted by Gasteiger charge is 2.24. The Morgan fingerprint density at radius 1 is 1.03 bits per heavy atom. The molecule has 3 aromatic rings. The van der Waals surface area contributed by atoms with E-state index in [1.807, 2.05) is 10.6 Å². The number of hydrogen-bond donors (Lipinski definition) is 1. The Balaban J connectivity index is 1.30. The van der Waals surface area contributed by atoms with Crippen molar-refractivity contribution in [2.75, 3.05) is 13.1 Å². The van der Waals surface area contributed by atoms with Gasteiger partial charge in [0.15, 0.2) is 5.82 Å². The van der Waals surface area contributed by atoms with E-state index >= 15 is 0 Å². The van der Waals surface area contributed by atoms with Gasteiger partial charge >= 0.3 is 0 Å². The molecule has 2 aromatic heterocycles. The van der Waals surface area contributed by atoms with Gasteiger partial charge in [-0.05, 0) is 49.1 Å². The molecule has 0 fully saturated rings. The number of rotatable bonds is 3. The second-order valence-electron chi connectivity index (χ2n) is 9.17. The number of pyridine rings is 1. The molecular formula is C25H27N5O2. The quantitative estimate of drug-likeness (QED) is 0.694. The van der Waals surface area contributed by atoms with Crippen molar-refractivity contribution in [3.8, 4) is 0 Å². The summed E-state index contributed by atoms with van der Waals surface area (Å²) in [6.07, 6.45) is 5.82. The molecule has 0 radical (unpaired) electrons. The van der Waals surface area contributed by atoms with Crippen LogP contribution in [0.5, 0.6) is 0 Å². The summed E-state index contributed by atoms with van der Waals surface area (Å²) in [6.45, 7) is 3.44. The molecule has 7 nitrogen and oxygen atoms in total. The minimum atomic E-state index is -0.0714. The van der Waals surface area contributed by atoms with Gasteiger partial charge in [0, 0.05) is 44.7 Å². The van der Waals surface area contributed by atoms with Crippen LogP contribution in [0.1, 0.15) is 53.9 Å². The largest absolute Gasteiger partial charge is 0.308 e. The van der Waals surface area contributed by atoms with Crippen LogP contribution in [0.25, 0.3) is 10.9 Å². The maximum atomic E-state index is 13.2. The Morgan fingerprint density at radius 2 is 1.97 bits per heavy atom. The van der Waals surface area contributed by atoms with Crippen molar-refractivity contribution in [1.29, 1.82) is 0 Å². The molecule has 3 aliphatic rings. The Bertz CT molecular complexity index is 1370. The first-order valence-electron chi connectivity index (χ1n) is 11.7. The van der Waals surface area contributed by atoms with E-state index in [1.165, 1.54) is 5.56 Å². The first-order chi connectivity index (χ1) is 15.7. The fourth-order valence-electron chi connectivity index (χ4n) is 5.42. The zero-order valence-electron chi connectivity index (χ0n) is 18.2. The highest BCUT2D eigenvalue weighted by molar-refractivity contribution is 5.97. The molecule has 0 amide bonds. The fourth-order valence-corrected chi connectivity index (χ4v) is 5.42. The molecule has 0 unspecified atom stereocenters. The Hall–Kier alpha value is -3.06. The van der Waals surface area contributed by atoms with Crippen LogP contribution in [-0.4, -0.2) is 38.2 Å². The Kier molecular flexibility index (Phi) is 4.79. The molecule has 6 rings (SSSR count). The molecule has 7 heteroatoms. The molecule has 3 aliphatic heterocycles. The minimum Gasteiger partial charge on any atom is -0.308 e. The standard InChI is InChI=1S/C25H27N5O2/c31-24-19-15-29(12-9-20(19)27-23(28-24)21-8-1-2-10-26-21)14-18-13-17-6-3-5-16-7-4-11-30(22(16)17)25(18)32/h3,5-6,13H,1-2,4,7-12,14-15H2,(H,27,28,31). The smallest absolute Gasteiger partial charge is 0.255 e. The Morgan fingerprint density at radius 3 is 2.84 bits per heavy atom. The summed E-state index contributed by atoms with van der Waals surface area (Å²) in [7, 11) is 0. The van der Waals surface area contributed by atoms with E-state index in [-0.39, 0.29) is 11.1 Å². The van der Waals surface area contributed by atoms with Gasteiger partial charge < -0.3 is 9.55 Å². The molecule has 0 bridgehead atoms. The zero-order chi connectivity index (χ0) is 21.7. The molecule has 0 saturated heterocycles. The van der Waals surface area contributed by atoms with Crippen molar-refractivity contribution < 1.29 is 0 Å². The van der Waals surface area contributed by atoms with Gasteiger partial charge in [-0.3, -0.25) is 19.5 Å². The van der Waals surface area contributed by atoms with Crippen LogP contribution in [0.2, 0.25) is 0 Å². The number of aryl methyl sites for hydroxylation is 2. The number of para-hydroxylation sites is 1. The normalized spacial score (nSPS) is 18.4. The summed E-state index contributed by atoms with van der Waals surface area (Å²) in [5, 5.41) is 1.13. The monoisotopic (exact) mass is 429 g/mol. The van der Waals surface area contributed by atoms with E-state index in [1.54, 1.807) is 0 Å². The van der Waals surface area contributed by atoms with Crippen molar-refractivity contribution in [3.63, 3.8) is 0 Å². The number of aromatic nitrogens is 3. The van der Waals surface area contributed by atoms with Gasteiger partial charge in [-0.25, -0.2) is 4.98 Å². The van der Waals surface area contributed by atoms with E-state index in [2.05, 4.69) is 33.1 Å². The van der Waals surface area contributed by atoms with E-state index < -0.39 is 0 Å². The number of aromatic amines is 1. The Labute approximate surface area is 185 Å². The van der Waals surface area contributed by atoms with Crippen LogP contribution in [-0.2, 0) is 32.5 Å². The van der Waals surface area contributed by atoms with Crippen LogP contribution in [0.15, 0.2) is 38.8 Å². The molecule has 164 valence electrons.